The first-order valence-electron chi connectivity index (χ1n) is 9.93. The first-order chi connectivity index (χ1) is 15.5. The molecule has 0 aliphatic carbocycles. The number of imidazole rings is 1. The Hall–Kier alpha value is -3.78. The van der Waals surface area contributed by atoms with Crippen LogP contribution in [-0.4, -0.2) is 36.1 Å². The SMILES string of the molecule is COC(=O)N(C)c1ccc(NC(=O)c2ccccc2CSc2nc3ccccc3[nH]2)cc1. The summed E-state index contributed by atoms with van der Waals surface area (Å²) in [6, 6.07) is 22.4. The number of carbonyl (C=O) groups is 2. The minimum Gasteiger partial charge on any atom is -0.452 e. The number of nitrogens with zero attached hydrogens (tertiary/aromatic N) is 2. The fraction of sp³-hybridized carbons (Fsp3) is 0.125. The van der Waals surface area contributed by atoms with E-state index >= 15 is 0 Å². The molecule has 0 saturated heterocycles. The highest BCUT2D eigenvalue weighted by molar-refractivity contribution is 7.98. The number of amides is 2. The number of aromatic nitrogens is 2. The second kappa shape index (κ2) is 9.57. The van der Waals surface area contributed by atoms with Crippen LogP contribution in [0.3, 0.4) is 0 Å². The minimum atomic E-state index is -0.460. The Morgan fingerprint density at radius 1 is 1.03 bits per heavy atom. The van der Waals surface area contributed by atoms with Crippen LogP contribution in [0, 0.1) is 0 Å². The normalized spacial score (nSPS) is 10.7. The van der Waals surface area contributed by atoms with Crippen LogP contribution in [0.15, 0.2) is 78.0 Å². The van der Waals surface area contributed by atoms with E-state index < -0.39 is 6.09 Å². The quantitative estimate of drug-likeness (QED) is 0.392. The maximum Gasteiger partial charge on any atom is 0.413 e. The lowest BCUT2D eigenvalue weighted by molar-refractivity contribution is 0.102. The molecule has 4 aromatic rings. The van der Waals surface area contributed by atoms with Gasteiger partial charge in [-0.05, 0) is 48.0 Å². The Kier molecular flexibility index (Phi) is 6.42. The number of thioether (sulfide) groups is 1. The Bertz CT molecular complexity index is 1220. The van der Waals surface area contributed by atoms with Crippen LogP contribution in [0.2, 0.25) is 0 Å². The van der Waals surface area contributed by atoms with Crippen LogP contribution < -0.4 is 10.2 Å². The van der Waals surface area contributed by atoms with E-state index in [0.29, 0.717) is 22.7 Å². The number of fused-ring (bicyclic) bond motifs is 1. The summed E-state index contributed by atoms with van der Waals surface area (Å²) in [5.41, 5.74) is 4.73. The minimum absolute atomic E-state index is 0.195. The first-order valence-corrected chi connectivity index (χ1v) is 10.9. The molecule has 0 fully saturated rings. The van der Waals surface area contributed by atoms with Gasteiger partial charge in [-0.3, -0.25) is 9.69 Å². The van der Waals surface area contributed by atoms with E-state index in [9.17, 15) is 9.59 Å². The van der Waals surface area contributed by atoms with Crippen molar-refractivity contribution in [1.82, 2.24) is 9.97 Å². The molecule has 0 unspecified atom stereocenters. The van der Waals surface area contributed by atoms with Gasteiger partial charge in [-0.2, -0.15) is 0 Å². The van der Waals surface area contributed by atoms with Crippen LogP contribution >= 0.6 is 11.8 Å². The van der Waals surface area contributed by atoms with Crippen LogP contribution in [0.5, 0.6) is 0 Å². The van der Waals surface area contributed by atoms with Crippen LogP contribution in [0.25, 0.3) is 11.0 Å². The predicted molar refractivity (Wildman–Crippen MR) is 127 cm³/mol. The fourth-order valence-corrected chi connectivity index (χ4v) is 4.11. The molecule has 32 heavy (non-hydrogen) atoms. The third-order valence-corrected chi connectivity index (χ3v) is 5.88. The topological polar surface area (TPSA) is 87.3 Å². The lowest BCUT2D eigenvalue weighted by Gasteiger charge is -2.16. The van der Waals surface area contributed by atoms with Gasteiger partial charge in [0.15, 0.2) is 5.16 Å². The largest absolute Gasteiger partial charge is 0.452 e. The molecule has 0 aliphatic rings. The monoisotopic (exact) mass is 446 g/mol. The van der Waals surface area contributed by atoms with Crippen molar-refractivity contribution in [2.24, 2.45) is 0 Å². The molecule has 0 bridgehead atoms. The molecule has 7 nitrogen and oxygen atoms in total. The smallest absolute Gasteiger partial charge is 0.413 e. The molecular formula is C24H22N4O3S. The van der Waals surface area contributed by atoms with Gasteiger partial charge < -0.3 is 15.0 Å². The molecule has 0 spiro atoms. The van der Waals surface area contributed by atoms with Gasteiger partial charge in [0.1, 0.15) is 0 Å². The zero-order chi connectivity index (χ0) is 22.5. The zero-order valence-electron chi connectivity index (χ0n) is 17.7. The molecule has 0 saturated carbocycles. The van der Waals surface area contributed by atoms with Gasteiger partial charge in [-0.1, -0.05) is 42.1 Å². The van der Waals surface area contributed by atoms with Gasteiger partial charge in [0, 0.05) is 29.7 Å². The van der Waals surface area contributed by atoms with Crippen molar-refractivity contribution in [3.8, 4) is 0 Å². The third-order valence-electron chi connectivity index (χ3n) is 4.95. The number of carbonyl (C=O) groups excluding carboxylic acids is 2. The maximum absolute atomic E-state index is 12.9. The number of ether oxygens (including phenoxy) is 1. The van der Waals surface area contributed by atoms with E-state index in [1.54, 1.807) is 43.1 Å². The highest BCUT2D eigenvalue weighted by Crippen LogP contribution is 2.25. The number of benzene rings is 3. The molecule has 1 aromatic heterocycles. The number of hydrogen-bond acceptors (Lipinski definition) is 5. The first kappa shape index (κ1) is 21.5. The lowest BCUT2D eigenvalue weighted by Crippen LogP contribution is -2.25. The number of para-hydroxylation sites is 2. The number of methoxy groups -OCH3 is 1. The standard InChI is InChI=1S/C24H22N4O3S/c1-28(24(30)31-2)18-13-11-17(12-14-18)25-22(29)19-8-4-3-7-16(19)15-32-23-26-20-9-5-6-10-21(20)27-23/h3-14H,15H2,1-2H3,(H,25,29)(H,26,27). The van der Waals surface area contributed by atoms with Crippen molar-refractivity contribution in [3.05, 3.63) is 83.9 Å². The van der Waals surface area contributed by atoms with E-state index in [1.165, 1.54) is 12.0 Å². The number of rotatable bonds is 6. The van der Waals surface area contributed by atoms with E-state index in [0.717, 1.165) is 21.8 Å². The average Bonchev–Trinajstić information content (AvgIpc) is 3.25. The van der Waals surface area contributed by atoms with Gasteiger partial charge in [0.2, 0.25) is 0 Å². The summed E-state index contributed by atoms with van der Waals surface area (Å²) in [5, 5.41) is 3.73. The highest BCUT2D eigenvalue weighted by Gasteiger charge is 2.14. The van der Waals surface area contributed by atoms with E-state index in [-0.39, 0.29) is 5.91 Å². The average molecular weight is 447 g/mol. The van der Waals surface area contributed by atoms with Gasteiger partial charge in [-0.15, -0.1) is 0 Å². The van der Waals surface area contributed by atoms with Crippen LogP contribution in [0.1, 0.15) is 15.9 Å². The van der Waals surface area contributed by atoms with E-state index in [2.05, 4.69) is 15.3 Å². The number of nitrogens with one attached hydrogen (secondary N) is 2. The summed E-state index contributed by atoms with van der Waals surface area (Å²) in [5.74, 6) is 0.409. The molecule has 3 aromatic carbocycles. The van der Waals surface area contributed by atoms with Crippen molar-refractivity contribution < 1.29 is 14.3 Å². The van der Waals surface area contributed by atoms with Gasteiger partial charge in [0.25, 0.3) is 5.91 Å². The van der Waals surface area contributed by atoms with Gasteiger partial charge >= 0.3 is 6.09 Å². The van der Waals surface area contributed by atoms with Crippen molar-refractivity contribution in [3.63, 3.8) is 0 Å². The van der Waals surface area contributed by atoms with Crippen molar-refractivity contribution >= 4 is 46.2 Å². The van der Waals surface area contributed by atoms with E-state index in [4.69, 9.17) is 4.74 Å². The number of anilines is 2. The lowest BCUT2D eigenvalue weighted by atomic mass is 10.1. The second-order valence-corrected chi connectivity index (χ2v) is 8.00. The highest BCUT2D eigenvalue weighted by atomic mass is 32.2. The second-order valence-electron chi connectivity index (χ2n) is 7.03. The Balaban J connectivity index is 1.44. The fourth-order valence-electron chi connectivity index (χ4n) is 3.22. The van der Waals surface area contributed by atoms with Crippen LogP contribution in [-0.2, 0) is 10.5 Å². The molecule has 8 heteroatoms. The molecule has 162 valence electrons. The molecule has 2 amide bonds. The molecule has 4 rings (SSSR count). The Labute approximate surface area is 189 Å². The van der Waals surface area contributed by atoms with E-state index in [1.807, 2.05) is 48.5 Å². The van der Waals surface area contributed by atoms with Gasteiger partial charge in [0.05, 0.1) is 18.1 Å². The van der Waals surface area contributed by atoms with Crippen molar-refractivity contribution in [2.45, 2.75) is 10.9 Å². The molecule has 0 atom stereocenters. The molecule has 0 radical (unpaired) electrons. The molecule has 0 aliphatic heterocycles. The third kappa shape index (κ3) is 4.76. The van der Waals surface area contributed by atoms with Crippen LogP contribution in [0.4, 0.5) is 16.2 Å². The number of hydrogen-bond donors (Lipinski definition) is 2. The molecule has 2 N–H and O–H groups in total. The zero-order valence-corrected chi connectivity index (χ0v) is 18.5. The maximum atomic E-state index is 12.9. The summed E-state index contributed by atoms with van der Waals surface area (Å²) in [6.07, 6.45) is -0.460. The summed E-state index contributed by atoms with van der Waals surface area (Å²) < 4.78 is 4.71. The summed E-state index contributed by atoms with van der Waals surface area (Å²) >= 11 is 1.55. The molecular weight excluding hydrogens is 424 g/mol. The number of H-pyrrole nitrogens is 1. The Morgan fingerprint density at radius 2 is 1.75 bits per heavy atom. The summed E-state index contributed by atoms with van der Waals surface area (Å²) in [4.78, 5) is 33.8. The van der Waals surface area contributed by atoms with Gasteiger partial charge in [-0.25, -0.2) is 9.78 Å². The van der Waals surface area contributed by atoms with Crippen molar-refractivity contribution in [1.29, 1.82) is 0 Å². The Morgan fingerprint density at radius 3 is 2.50 bits per heavy atom. The number of aromatic amines is 1. The van der Waals surface area contributed by atoms with Crippen molar-refractivity contribution in [2.75, 3.05) is 24.4 Å². The summed E-state index contributed by atoms with van der Waals surface area (Å²) in [7, 11) is 2.95. The predicted octanol–water partition coefficient (Wildman–Crippen LogP) is 5.31. The summed E-state index contributed by atoms with van der Waals surface area (Å²) in [6.45, 7) is 0. The molecule has 1 heterocycles.